The number of hydrogen-bond acceptors (Lipinski definition) is 1. The highest BCUT2D eigenvalue weighted by atomic mass is 79.9. The second-order valence-corrected chi connectivity index (χ2v) is 3.21. The third-order valence-electron chi connectivity index (χ3n) is 1.20. The summed E-state index contributed by atoms with van der Waals surface area (Å²) in [4.78, 5) is 0.539. The number of aromatic nitrogens is 1. The lowest BCUT2D eigenvalue weighted by Crippen LogP contribution is -2.04. The van der Waals surface area contributed by atoms with Crippen molar-refractivity contribution in [2.75, 3.05) is 0 Å². The summed E-state index contributed by atoms with van der Waals surface area (Å²) in [5.41, 5.74) is 0.605. The molecule has 0 aromatic carbocycles. The van der Waals surface area contributed by atoms with Gasteiger partial charge in [-0.3, -0.25) is 4.98 Å². The van der Waals surface area contributed by atoms with Crippen molar-refractivity contribution in [1.82, 2.24) is 4.98 Å². The van der Waals surface area contributed by atoms with Crippen LogP contribution in [0.25, 0.3) is 0 Å². The van der Waals surface area contributed by atoms with Gasteiger partial charge in [0.2, 0.25) is 0 Å². The lowest BCUT2D eigenvalue weighted by atomic mass is 10.3. The van der Waals surface area contributed by atoms with Crippen LogP contribution < -0.4 is 0 Å². The highest BCUT2D eigenvalue weighted by Crippen LogP contribution is 2.32. The predicted molar refractivity (Wildman–Crippen MR) is 41.8 cm³/mol. The Morgan fingerprint density at radius 1 is 1.45 bits per heavy atom. The number of nitrogens with zero attached hydrogens (tertiary/aromatic N) is 1. The van der Waals surface area contributed by atoms with E-state index in [0.29, 0.717) is 0 Å². The van der Waals surface area contributed by atoms with E-state index in [2.05, 4.69) is 20.9 Å². The lowest BCUT2D eigenvalue weighted by molar-refractivity contribution is 0.109. The molecule has 0 bridgehead atoms. The van der Waals surface area contributed by atoms with E-state index in [1.165, 1.54) is 12.3 Å². The van der Waals surface area contributed by atoms with Gasteiger partial charge >= 0.3 is 4.83 Å². The first-order valence-electron chi connectivity index (χ1n) is 3.00. The Morgan fingerprint density at radius 2 is 2.09 bits per heavy atom. The fraction of sp³-hybridized carbons (Fsp3) is 0.286. The van der Waals surface area contributed by atoms with Crippen molar-refractivity contribution in [1.29, 1.82) is 0 Å². The molecule has 0 fully saturated rings. The molecule has 1 heterocycles. The van der Waals surface area contributed by atoms with Crippen molar-refractivity contribution >= 4 is 15.9 Å². The predicted octanol–water partition coefficient (Wildman–Crippen LogP) is 2.83. The molecule has 0 amide bonds. The highest BCUT2D eigenvalue weighted by Gasteiger charge is 2.28. The molecule has 0 aliphatic carbocycles. The van der Waals surface area contributed by atoms with Crippen molar-refractivity contribution in [2.45, 2.75) is 11.8 Å². The molecule has 0 unspecified atom stereocenters. The Bertz CT molecular complexity index is 240. The van der Waals surface area contributed by atoms with Gasteiger partial charge in [-0.2, -0.15) is 8.78 Å². The number of alkyl halides is 3. The summed E-state index contributed by atoms with van der Waals surface area (Å²) in [7, 11) is 0. The molecule has 4 heteroatoms. The minimum atomic E-state index is -3.01. The van der Waals surface area contributed by atoms with Gasteiger partial charge < -0.3 is 0 Å². The average molecular weight is 222 g/mol. The largest absolute Gasteiger partial charge is 0.343 e. The van der Waals surface area contributed by atoms with E-state index in [9.17, 15) is 8.78 Å². The fourth-order valence-corrected chi connectivity index (χ4v) is 0.870. The molecule has 60 valence electrons. The first-order chi connectivity index (χ1) is 5.00. The Kier molecular flexibility index (Phi) is 2.23. The van der Waals surface area contributed by atoms with Gasteiger partial charge in [0, 0.05) is 6.20 Å². The summed E-state index contributed by atoms with van der Waals surface area (Å²) >= 11 is 2.22. The summed E-state index contributed by atoms with van der Waals surface area (Å²) in [6.45, 7) is 1.79. The van der Waals surface area contributed by atoms with Crippen molar-refractivity contribution in [3.63, 3.8) is 0 Å². The second-order valence-electron chi connectivity index (χ2n) is 2.22. The molecule has 1 rings (SSSR count). The number of hydrogen-bond donors (Lipinski definition) is 0. The van der Waals surface area contributed by atoms with Gasteiger partial charge in [0.25, 0.3) is 0 Å². The maximum absolute atomic E-state index is 12.4. The normalized spacial score (nSPS) is 11.6. The van der Waals surface area contributed by atoms with Gasteiger partial charge in [0.05, 0.1) is 0 Å². The van der Waals surface area contributed by atoms with Crippen LogP contribution in [0.4, 0.5) is 8.78 Å². The SMILES string of the molecule is Cc1ccc(C(F)(F)Br)nc1. The summed E-state index contributed by atoms with van der Waals surface area (Å²) < 4.78 is 24.9. The van der Waals surface area contributed by atoms with Crippen molar-refractivity contribution < 1.29 is 8.78 Å². The van der Waals surface area contributed by atoms with E-state index >= 15 is 0 Å². The third-order valence-corrected chi connectivity index (χ3v) is 1.61. The van der Waals surface area contributed by atoms with Crippen molar-refractivity contribution in [3.8, 4) is 0 Å². The molecule has 0 saturated carbocycles. The molecule has 0 spiro atoms. The Balaban J connectivity index is 2.99. The molecule has 0 saturated heterocycles. The van der Waals surface area contributed by atoms with Crippen LogP contribution in [-0.2, 0) is 4.83 Å². The third kappa shape index (κ3) is 2.22. The van der Waals surface area contributed by atoms with Gasteiger partial charge in [-0.05, 0) is 34.5 Å². The molecule has 0 aliphatic rings. The maximum atomic E-state index is 12.4. The van der Waals surface area contributed by atoms with E-state index < -0.39 is 4.83 Å². The standard InChI is InChI=1S/C7H6BrF2N/c1-5-2-3-6(11-4-5)7(8,9)10/h2-4H,1H3. The minimum absolute atomic E-state index is 0.261. The van der Waals surface area contributed by atoms with Crippen LogP contribution in [0.1, 0.15) is 11.3 Å². The molecule has 0 atom stereocenters. The first kappa shape index (κ1) is 8.59. The molecule has 0 radical (unpaired) electrons. The number of halogens is 3. The number of pyridine rings is 1. The van der Waals surface area contributed by atoms with Crippen molar-refractivity contribution in [3.05, 3.63) is 29.6 Å². The fourth-order valence-electron chi connectivity index (χ4n) is 0.635. The minimum Gasteiger partial charge on any atom is -0.254 e. The van der Waals surface area contributed by atoms with Gasteiger partial charge in [-0.1, -0.05) is 6.07 Å². The molecular formula is C7H6BrF2N. The monoisotopic (exact) mass is 221 g/mol. The molecular weight excluding hydrogens is 216 g/mol. The van der Waals surface area contributed by atoms with Crippen molar-refractivity contribution in [2.24, 2.45) is 0 Å². The summed E-state index contributed by atoms with van der Waals surface area (Å²) in [6, 6.07) is 2.89. The zero-order valence-corrected chi connectivity index (χ0v) is 7.40. The van der Waals surface area contributed by atoms with Crippen LogP contribution in [0.5, 0.6) is 0 Å². The van der Waals surface area contributed by atoms with Crippen LogP contribution in [0.2, 0.25) is 0 Å². The second kappa shape index (κ2) is 2.85. The molecule has 0 aliphatic heterocycles. The van der Waals surface area contributed by atoms with Crippen LogP contribution >= 0.6 is 15.9 Å². The smallest absolute Gasteiger partial charge is 0.254 e. The van der Waals surface area contributed by atoms with Crippen LogP contribution in [0, 0.1) is 6.92 Å². The van der Waals surface area contributed by atoms with Crippen LogP contribution in [0.15, 0.2) is 18.3 Å². The van der Waals surface area contributed by atoms with Crippen LogP contribution in [0.3, 0.4) is 0 Å². The quantitative estimate of drug-likeness (QED) is 0.665. The van der Waals surface area contributed by atoms with Crippen LogP contribution in [-0.4, -0.2) is 4.98 Å². The van der Waals surface area contributed by atoms with E-state index in [0.717, 1.165) is 5.56 Å². The Labute approximate surface area is 71.6 Å². The summed E-state index contributed by atoms with van der Waals surface area (Å²) in [5, 5.41) is 0. The van der Waals surface area contributed by atoms with E-state index in [1.54, 1.807) is 13.0 Å². The lowest BCUT2D eigenvalue weighted by Gasteiger charge is -2.06. The van der Waals surface area contributed by atoms with E-state index in [-0.39, 0.29) is 5.69 Å². The highest BCUT2D eigenvalue weighted by molar-refractivity contribution is 9.09. The van der Waals surface area contributed by atoms with Gasteiger partial charge in [0.15, 0.2) is 0 Å². The molecule has 1 aromatic rings. The Hall–Kier alpha value is -0.510. The molecule has 1 aromatic heterocycles. The maximum Gasteiger partial charge on any atom is 0.343 e. The zero-order valence-electron chi connectivity index (χ0n) is 5.81. The van der Waals surface area contributed by atoms with E-state index in [1.807, 2.05) is 0 Å². The molecule has 1 nitrogen and oxygen atoms in total. The van der Waals surface area contributed by atoms with E-state index in [4.69, 9.17) is 0 Å². The molecule has 11 heavy (non-hydrogen) atoms. The van der Waals surface area contributed by atoms with Gasteiger partial charge in [-0.25, -0.2) is 0 Å². The number of rotatable bonds is 1. The molecule has 0 N–H and O–H groups in total. The summed E-state index contributed by atoms with van der Waals surface area (Å²) in [6.07, 6.45) is 1.41. The number of aryl methyl sites for hydroxylation is 1. The summed E-state index contributed by atoms with van der Waals surface area (Å²) in [5.74, 6) is 0. The van der Waals surface area contributed by atoms with Gasteiger partial charge in [-0.15, -0.1) is 0 Å². The topological polar surface area (TPSA) is 12.9 Å². The zero-order chi connectivity index (χ0) is 8.48. The Morgan fingerprint density at radius 3 is 2.45 bits per heavy atom. The first-order valence-corrected chi connectivity index (χ1v) is 3.79. The van der Waals surface area contributed by atoms with Gasteiger partial charge in [0.1, 0.15) is 5.69 Å². The average Bonchev–Trinajstić information content (AvgIpc) is 1.86.